The molecule has 0 aromatic rings. The fraction of sp³-hybridized carbons (Fsp3) is 0.200. The minimum atomic E-state index is -0.110. The summed E-state index contributed by atoms with van der Waals surface area (Å²) in [6.07, 6.45) is 3.93. The molecule has 1 aliphatic rings. The van der Waals surface area contributed by atoms with Gasteiger partial charge in [-0.3, -0.25) is 4.79 Å². The molecule has 0 saturated carbocycles. The molecule has 1 aliphatic heterocycles. The van der Waals surface area contributed by atoms with Crippen molar-refractivity contribution in [3.63, 3.8) is 0 Å². The number of thiocarbonyl (C=S) groups is 1. The summed E-state index contributed by atoms with van der Waals surface area (Å²) in [6, 6.07) is 0. The standard InChI is InChI=1S/C5H5NOS/c7-4-2-1-3-5(8)6-4/h1-2H,3H2,(H,6,7,8). The third-order valence-corrected chi connectivity index (χ3v) is 1.10. The number of carbonyl (C=O) groups excluding carboxylic acids is 1. The van der Waals surface area contributed by atoms with Crippen molar-refractivity contribution in [3.8, 4) is 0 Å². The number of rotatable bonds is 0. The number of hydrogen-bond donors (Lipinski definition) is 1. The van der Waals surface area contributed by atoms with Gasteiger partial charge in [-0.1, -0.05) is 18.3 Å². The van der Waals surface area contributed by atoms with E-state index in [1.54, 1.807) is 6.08 Å². The molecule has 2 nitrogen and oxygen atoms in total. The Morgan fingerprint density at radius 2 is 2.50 bits per heavy atom. The molecule has 1 N–H and O–H groups in total. The van der Waals surface area contributed by atoms with Crippen molar-refractivity contribution in [3.05, 3.63) is 12.2 Å². The molecule has 0 spiro atoms. The van der Waals surface area contributed by atoms with Crippen LogP contribution in [0.3, 0.4) is 0 Å². The van der Waals surface area contributed by atoms with E-state index in [9.17, 15) is 4.79 Å². The van der Waals surface area contributed by atoms with Gasteiger partial charge in [-0.15, -0.1) is 0 Å². The molecule has 0 bridgehead atoms. The lowest BCUT2D eigenvalue weighted by atomic mass is 10.3. The lowest BCUT2D eigenvalue weighted by Crippen LogP contribution is -2.29. The Labute approximate surface area is 52.6 Å². The van der Waals surface area contributed by atoms with Crippen LogP contribution in [-0.2, 0) is 4.79 Å². The van der Waals surface area contributed by atoms with E-state index in [1.807, 2.05) is 0 Å². The monoisotopic (exact) mass is 127 g/mol. The molecule has 0 saturated heterocycles. The molecule has 8 heavy (non-hydrogen) atoms. The van der Waals surface area contributed by atoms with Crippen LogP contribution < -0.4 is 5.32 Å². The van der Waals surface area contributed by atoms with E-state index >= 15 is 0 Å². The van der Waals surface area contributed by atoms with Crippen molar-refractivity contribution in [2.75, 3.05) is 0 Å². The van der Waals surface area contributed by atoms with Crippen molar-refractivity contribution in [1.29, 1.82) is 0 Å². The Balaban J connectivity index is 2.68. The average molecular weight is 127 g/mol. The average Bonchev–Trinajstić information content (AvgIpc) is 1.64. The number of hydrogen-bond acceptors (Lipinski definition) is 2. The van der Waals surface area contributed by atoms with Gasteiger partial charge in [0, 0.05) is 6.42 Å². The maximum Gasteiger partial charge on any atom is 0.248 e. The fourth-order valence-electron chi connectivity index (χ4n) is 0.503. The normalized spacial score (nSPS) is 18.5. The summed E-state index contributed by atoms with van der Waals surface area (Å²) in [4.78, 5) is 11.0. The van der Waals surface area contributed by atoms with Crippen LogP contribution in [0.2, 0.25) is 0 Å². The third-order valence-electron chi connectivity index (χ3n) is 0.835. The van der Waals surface area contributed by atoms with Crippen LogP contribution in [0.4, 0.5) is 0 Å². The van der Waals surface area contributed by atoms with E-state index in [1.165, 1.54) is 6.08 Å². The van der Waals surface area contributed by atoms with Gasteiger partial charge in [0.25, 0.3) is 0 Å². The van der Waals surface area contributed by atoms with E-state index in [0.29, 0.717) is 11.4 Å². The first-order valence-corrected chi connectivity index (χ1v) is 2.70. The van der Waals surface area contributed by atoms with Gasteiger partial charge in [-0.2, -0.15) is 0 Å². The third kappa shape index (κ3) is 1.13. The Kier molecular flexibility index (Phi) is 1.39. The number of carbonyl (C=O) groups is 1. The van der Waals surface area contributed by atoms with Crippen molar-refractivity contribution >= 4 is 23.1 Å². The second kappa shape index (κ2) is 2.05. The number of nitrogens with one attached hydrogen (secondary N) is 1. The van der Waals surface area contributed by atoms with Crippen molar-refractivity contribution in [2.24, 2.45) is 0 Å². The van der Waals surface area contributed by atoms with Gasteiger partial charge in [-0.25, -0.2) is 0 Å². The maximum atomic E-state index is 10.4. The molecule has 0 fully saturated rings. The maximum absolute atomic E-state index is 10.4. The topological polar surface area (TPSA) is 29.1 Å². The fourth-order valence-corrected chi connectivity index (χ4v) is 0.700. The Morgan fingerprint density at radius 1 is 1.75 bits per heavy atom. The van der Waals surface area contributed by atoms with E-state index in [-0.39, 0.29) is 5.91 Å². The first kappa shape index (κ1) is 5.44. The molecule has 1 heterocycles. The van der Waals surface area contributed by atoms with Gasteiger partial charge in [0.1, 0.15) is 0 Å². The SMILES string of the molecule is O=C1C=CCC(=S)N1. The van der Waals surface area contributed by atoms with Crippen molar-refractivity contribution < 1.29 is 4.79 Å². The van der Waals surface area contributed by atoms with Gasteiger partial charge in [0.2, 0.25) is 5.91 Å². The molecule has 1 rings (SSSR count). The quantitative estimate of drug-likeness (QED) is 0.477. The van der Waals surface area contributed by atoms with Crippen LogP contribution >= 0.6 is 12.2 Å². The molecular weight excluding hydrogens is 122 g/mol. The van der Waals surface area contributed by atoms with Gasteiger partial charge in [0.15, 0.2) is 0 Å². The first-order valence-electron chi connectivity index (χ1n) is 2.29. The molecule has 0 radical (unpaired) electrons. The summed E-state index contributed by atoms with van der Waals surface area (Å²) in [5.41, 5.74) is 0. The summed E-state index contributed by atoms with van der Waals surface area (Å²) in [5, 5.41) is 2.48. The summed E-state index contributed by atoms with van der Waals surface area (Å²) >= 11 is 4.70. The minimum absolute atomic E-state index is 0.110. The lowest BCUT2D eigenvalue weighted by molar-refractivity contribution is -0.115. The Hall–Kier alpha value is -0.700. The highest BCUT2D eigenvalue weighted by atomic mass is 32.1. The Morgan fingerprint density at radius 3 is 2.88 bits per heavy atom. The van der Waals surface area contributed by atoms with Crippen LogP contribution in [0.15, 0.2) is 12.2 Å². The zero-order valence-electron chi connectivity index (χ0n) is 4.18. The van der Waals surface area contributed by atoms with Gasteiger partial charge in [-0.05, 0) is 6.08 Å². The van der Waals surface area contributed by atoms with E-state index in [0.717, 1.165) is 0 Å². The van der Waals surface area contributed by atoms with E-state index in [2.05, 4.69) is 5.32 Å². The highest BCUT2D eigenvalue weighted by molar-refractivity contribution is 7.80. The second-order valence-electron chi connectivity index (χ2n) is 1.52. The number of amides is 1. The van der Waals surface area contributed by atoms with Crippen LogP contribution in [0.1, 0.15) is 6.42 Å². The zero-order valence-corrected chi connectivity index (χ0v) is 4.99. The molecule has 0 aliphatic carbocycles. The first-order chi connectivity index (χ1) is 3.79. The lowest BCUT2D eigenvalue weighted by Gasteiger charge is -2.04. The van der Waals surface area contributed by atoms with Crippen LogP contribution in [0, 0.1) is 0 Å². The van der Waals surface area contributed by atoms with Gasteiger partial charge in [0.05, 0.1) is 4.99 Å². The second-order valence-corrected chi connectivity index (χ2v) is 2.01. The van der Waals surface area contributed by atoms with Gasteiger partial charge < -0.3 is 5.32 Å². The van der Waals surface area contributed by atoms with Crippen LogP contribution in [0.25, 0.3) is 0 Å². The molecule has 0 aromatic heterocycles. The molecule has 0 aromatic carbocycles. The van der Waals surface area contributed by atoms with Gasteiger partial charge >= 0.3 is 0 Å². The van der Waals surface area contributed by atoms with Crippen molar-refractivity contribution in [1.82, 2.24) is 5.32 Å². The van der Waals surface area contributed by atoms with E-state index in [4.69, 9.17) is 12.2 Å². The van der Waals surface area contributed by atoms with Crippen molar-refractivity contribution in [2.45, 2.75) is 6.42 Å². The summed E-state index contributed by atoms with van der Waals surface area (Å²) in [5.74, 6) is -0.110. The predicted molar refractivity (Wildman–Crippen MR) is 34.5 cm³/mol. The smallest absolute Gasteiger partial charge is 0.248 e. The largest absolute Gasteiger partial charge is 0.317 e. The summed E-state index contributed by atoms with van der Waals surface area (Å²) in [6.45, 7) is 0. The predicted octanol–water partition coefficient (Wildman–Crippen LogP) is 0.390. The molecular formula is C5H5NOS. The molecule has 0 unspecified atom stereocenters. The highest BCUT2D eigenvalue weighted by Crippen LogP contribution is 1.91. The summed E-state index contributed by atoms with van der Waals surface area (Å²) < 4.78 is 0. The zero-order chi connectivity index (χ0) is 5.98. The molecule has 3 heteroatoms. The Bertz CT molecular complexity index is 162. The molecule has 0 atom stereocenters. The highest BCUT2D eigenvalue weighted by Gasteiger charge is 2.02. The molecule has 1 amide bonds. The minimum Gasteiger partial charge on any atom is -0.317 e. The molecule has 42 valence electrons. The van der Waals surface area contributed by atoms with Crippen LogP contribution in [-0.4, -0.2) is 10.9 Å². The van der Waals surface area contributed by atoms with Crippen LogP contribution in [0.5, 0.6) is 0 Å². The summed E-state index contributed by atoms with van der Waals surface area (Å²) in [7, 11) is 0. The van der Waals surface area contributed by atoms with E-state index < -0.39 is 0 Å².